The molecule has 0 atom stereocenters. The van der Waals surface area contributed by atoms with Crippen LogP contribution in [0.1, 0.15) is 32.3 Å². The Labute approximate surface area is 114 Å². The molecule has 0 unspecified atom stereocenters. The highest BCUT2D eigenvalue weighted by atomic mass is 35.5. The highest BCUT2D eigenvalue weighted by molar-refractivity contribution is 6.32. The standard InChI is InChI=1S/C14H19Cl2N/c1-10(2)9-17(12-5-6-12)13-4-3-11(8-15)14(16)7-13/h3-4,7,10,12H,5-6,8-9H2,1-2H3. The van der Waals surface area contributed by atoms with Crippen LogP contribution in [0.15, 0.2) is 18.2 Å². The predicted octanol–water partition coefficient (Wildman–Crippen LogP) is 4.70. The zero-order chi connectivity index (χ0) is 12.4. The molecule has 1 fully saturated rings. The lowest BCUT2D eigenvalue weighted by atomic mass is 10.1. The summed E-state index contributed by atoms with van der Waals surface area (Å²) in [5, 5.41) is 0.784. The summed E-state index contributed by atoms with van der Waals surface area (Å²) in [6.07, 6.45) is 2.61. The molecule has 17 heavy (non-hydrogen) atoms. The van der Waals surface area contributed by atoms with Gasteiger partial charge in [-0.3, -0.25) is 0 Å². The minimum atomic E-state index is 0.479. The quantitative estimate of drug-likeness (QED) is 0.702. The number of alkyl halides is 1. The number of hydrogen-bond donors (Lipinski definition) is 0. The zero-order valence-corrected chi connectivity index (χ0v) is 11.9. The molecule has 0 bridgehead atoms. The second kappa shape index (κ2) is 5.49. The molecule has 2 rings (SSSR count). The molecule has 0 aromatic heterocycles. The first-order valence-corrected chi connectivity index (χ1v) is 7.14. The fourth-order valence-electron chi connectivity index (χ4n) is 2.07. The first-order chi connectivity index (χ1) is 8.11. The molecule has 1 saturated carbocycles. The van der Waals surface area contributed by atoms with E-state index in [0.29, 0.717) is 11.8 Å². The van der Waals surface area contributed by atoms with Gasteiger partial charge in [0.05, 0.1) is 0 Å². The van der Waals surface area contributed by atoms with Crippen molar-refractivity contribution in [2.45, 2.75) is 38.6 Å². The topological polar surface area (TPSA) is 3.24 Å². The molecule has 0 spiro atoms. The number of rotatable bonds is 5. The summed E-state index contributed by atoms with van der Waals surface area (Å²) in [4.78, 5) is 2.48. The summed E-state index contributed by atoms with van der Waals surface area (Å²) in [7, 11) is 0. The fourth-order valence-corrected chi connectivity index (χ4v) is 2.61. The van der Waals surface area contributed by atoms with Gasteiger partial charge in [0.25, 0.3) is 0 Å². The van der Waals surface area contributed by atoms with Gasteiger partial charge < -0.3 is 4.90 Å². The van der Waals surface area contributed by atoms with Gasteiger partial charge in [0.2, 0.25) is 0 Å². The van der Waals surface area contributed by atoms with E-state index in [0.717, 1.165) is 23.2 Å². The Bertz CT molecular complexity index is 386. The summed E-state index contributed by atoms with van der Waals surface area (Å²) < 4.78 is 0. The smallest absolute Gasteiger partial charge is 0.0488 e. The lowest BCUT2D eigenvalue weighted by Gasteiger charge is -2.27. The average Bonchev–Trinajstić information content (AvgIpc) is 3.09. The van der Waals surface area contributed by atoms with E-state index in [-0.39, 0.29) is 0 Å². The van der Waals surface area contributed by atoms with E-state index < -0.39 is 0 Å². The Morgan fingerprint density at radius 2 is 2.06 bits per heavy atom. The summed E-state index contributed by atoms with van der Waals surface area (Å²) in [5.74, 6) is 1.15. The molecule has 1 aliphatic rings. The maximum atomic E-state index is 6.22. The van der Waals surface area contributed by atoms with Crippen molar-refractivity contribution in [3.8, 4) is 0 Å². The molecule has 94 valence electrons. The van der Waals surface area contributed by atoms with Gasteiger partial charge in [0, 0.05) is 29.2 Å². The predicted molar refractivity (Wildman–Crippen MR) is 76.2 cm³/mol. The molecule has 1 aromatic carbocycles. The number of nitrogens with zero attached hydrogens (tertiary/aromatic N) is 1. The van der Waals surface area contributed by atoms with E-state index in [2.05, 4.69) is 30.9 Å². The maximum absolute atomic E-state index is 6.22. The van der Waals surface area contributed by atoms with Crippen molar-refractivity contribution in [1.29, 1.82) is 0 Å². The molecule has 1 nitrogen and oxygen atoms in total. The summed E-state index contributed by atoms with van der Waals surface area (Å²) >= 11 is 12.0. The largest absolute Gasteiger partial charge is 0.368 e. The van der Waals surface area contributed by atoms with Crippen molar-refractivity contribution in [1.82, 2.24) is 0 Å². The highest BCUT2D eigenvalue weighted by Crippen LogP contribution is 2.34. The van der Waals surface area contributed by atoms with E-state index in [1.165, 1.54) is 18.5 Å². The van der Waals surface area contributed by atoms with Gasteiger partial charge in [-0.15, -0.1) is 11.6 Å². The molecular formula is C14H19Cl2N. The Balaban J connectivity index is 2.20. The van der Waals surface area contributed by atoms with E-state index in [1.54, 1.807) is 0 Å². The Morgan fingerprint density at radius 3 is 2.53 bits per heavy atom. The van der Waals surface area contributed by atoms with E-state index in [9.17, 15) is 0 Å². The van der Waals surface area contributed by atoms with Crippen molar-refractivity contribution in [3.05, 3.63) is 28.8 Å². The highest BCUT2D eigenvalue weighted by Gasteiger charge is 2.29. The van der Waals surface area contributed by atoms with Crippen molar-refractivity contribution in [2.24, 2.45) is 5.92 Å². The van der Waals surface area contributed by atoms with Crippen LogP contribution in [0.4, 0.5) is 5.69 Å². The molecular weight excluding hydrogens is 253 g/mol. The first-order valence-electron chi connectivity index (χ1n) is 6.23. The normalized spacial score (nSPS) is 15.4. The Morgan fingerprint density at radius 1 is 1.35 bits per heavy atom. The van der Waals surface area contributed by atoms with Gasteiger partial charge in [-0.25, -0.2) is 0 Å². The number of hydrogen-bond acceptors (Lipinski definition) is 1. The Hall–Kier alpha value is -0.400. The van der Waals surface area contributed by atoms with Gasteiger partial charge in [0.15, 0.2) is 0 Å². The number of anilines is 1. The third kappa shape index (κ3) is 3.29. The summed E-state index contributed by atoms with van der Waals surface area (Å²) in [5.41, 5.74) is 2.25. The van der Waals surface area contributed by atoms with Crippen molar-refractivity contribution in [2.75, 3.05) is 11.4 Å². The summed E-state index contributed by atoms with van der Waals surface area (Å²) in [6.45, 7) is 5.61. The molecule has 3 heteroatoms. The lowest BCUT2D eigenvalue weighted by Crippen LogP contribution is -2.29. The molecule has 0 heterocycles. The first kappa shape index (κ1) is 13.0. The van der Waals surface area contributed by atoms with Crippen molar-refractivity contribution < 1.29 is 0 Å². The maximum Gasteiger partial charge on any atom is 0.0488 e. The second-order valence-corrected chi connectivity index (χ2v) is 5.86. The molecule has 0 radical (unpaired) electrons. The van der Waals surface area contributed by atoms with Gasteiger partial charge in [-0.1, -0.05) is 31.5 Å². The SMILES string of the molecule is CC(C)CN(c1ccc(CCl)c(Cl)c1)C1CC1. The van der Waals surface area contributed by atoms with Crippen LogP contribution in [0.3, 0.4) is 0 Å². The van der Waals surface area contributed by atoms with Crippen LogP contribution in [-0.2, 0) is 5.88 Å². The second-order valence-electron chi connectivity index (χ2n) is 5.19. The number of halogens is 2. The third-order valence-electron chi connectivity index (χ3n) is 3.06. The van der Waals surface area contributed by atoms with Crippen molar-refractivity contribution in [3.63, 3.8) is 0 Å². The molecule has 1 aliphatic carbocycles. The van der Waals surface area contributed by atoms with Crippen LogP contribution in [0.5, 0.6) is 0 Å². The van der Waals surface area contributed by atoms with Crippen molar-refractivity contribution >= 4 is 28.9 Å². The van der Waals surface area contributed by atoms with Crippen LogP contribution in [0.2, 0.25) is 5.02 Å². The van der Waals surface area contributed by atoms with Gasteiger partial charge in [-0.05, 0) is 36.5 Å². The Kier molecular flexibility index (Phi) is 4.22. The van der Waals surface area contributed by atoms with Gasteiger partial charge >= 0.3 is 0 Å². The van der Waals surface area contributed by atoms with Crippen LogP contribution < -0.4 is 4.90 Å². The monoisotopic (exact) mass is 271 g/mol. The van der Waals surface area contributed by atoms with E-state index in [1.807, 2.05) is 6.07 Å². The minimum absolute atomic E-state index is 0.479. The van der Waals surface area contributed by atoms with Crippen LogP contribution in [-0.4, -0.2) is 12.6 Å². The molecule has 0 N–H and O–H groups in total. The molecule has 0 amide bonds. The van der Waals surface area contributed by atoms with E-state index in [4.69, 9.17) is 23.2 Å². The zero-order valence-electron chi connectivity index (χ0n) is 10.4. The van der Waals surface area contributed by atoms with Gasteiger partial charge in [-0.2, -0.15) is 0 Å². The van der Waals surface area contributed by atoms with E-state index >= 15 is 0 Å². The van der Waals surface area contributed by atoms with Gasteiger partial charge in [0.1, 0.15) is 0 Å². The van der Waals surface area contributed by atoms with Crippen LogP contribution >= 0.6 is 23.2 Å². The molecule has 0 saturated heterocycles. The molecule has 0 aliphatic heterocycles. The average molecular weight is 272 g/mol. The van der Waals surface area contributed by atoms with Crippen LogP contribution in [0.25, 0.3) is 0 Å². The third-order valence-corrected chi connectivity index (χ3v) is 3.70. The lowest BCUT2D eigenvalue weighted by molar-refractivity contribution is 0.607. The summed E-state index contributed by atoms with van der Waals surface area (Å²) in [6, 6.07) is 6.96. The molecule has 1 aromatic rings. The van der Waals surface area contributed by atoms with Crippen LogP contribution in [0, 0.1) is 5.92 Å². The number of benzene rings is 1. The fraction of sp³-hybridized carbons (Fsp3) is 0.571. The minimum Gasteiger partial charge on any atom is -0.368 e.